The average molecular weight is 287 g/mol. The van der Waals surface area contributed by atoms with Crippen LogP contribution in [0.5, 0.6) is 11.6 Å². The van der Waals surface area contributed by atoms with E-state index in [1.807, 2.05) is 26.0 Å². The first-order valence-electron chi connectivity index (χ1n) is 7.07. The van der Waals surface area contributed by atoms with Gasteiger partial charge in [0.05, 0.1) is 0 Å². The topological polar surface area (TPSA) is 70.1 Å². The van der Waals surface area contributed by atoms with Crippen molar-refractivity contribution >= 4 is 5.69 Å². The van der Waals surface area contributed by atoms with Crippen molar-refractivity contribution in [3.05, 3.63) is 46.0 Å². The SMILES string of the molecule is CCn1ccnc(Oc2cc(C)c(N)cc2C(C)C)c1=O. The Balaban J connectivity index is 2.49. The number of nitrogens with zero attached hydrogens (tertiary/aromatic N) is 2. The number of aryl methyl sites for hydroxylation is 2. The molecule has 5 heteroatoms. The number of ether oxygens (including phenoxy) is 1. The van der Waals surface area contributed by atoms with Crippen molar-refractivity contribution in [1.29, 1.82) is 0 Å². The van der Waals surface area contributed by atoms with Gasteiger partial charge in [-0.2, -0.15) is 0 Å². The van der Waals surface area contributed by atoms with E-state index >= 15 is 0 Å². The fourth-order valence-corrected chi connectivity index (χ4v) is 2.11. The Kier molecular flexibility index (Phi) is 4.31. The number of aromatic nitrogens is 2. The van der Waals surface area contributed by atoms with E-state index in [9.17, 15) is 4.79 Å². The third-order valence-electron chi connectivity index (χ3n) is 3.45. The van der Waals surface area contributed by atoms with E-state index in [2.05, 4.69) is 18.8 Å². The van der Waals surface area contributed by atoms with E-state index in [4.69, 9.17) is 10.5 Å². The third kappa shape index (κ3) is 3.07. The minimum Gasteiger partial charge on any atom is -0.434 e. The molecule has 0 saturated heterocycles. The Hall–Kier alpha value is -2.30. The first-order valence-corrected chi connectivity index (χ1v) is 7.07. The van der Waals surface area contributed by atoms with Gasteiger partial charge in [0.25, 0.3) is 5.88 Å². The highest BCUT2D eigenvalue weighted by molar-refractivity contribution is 5.55. The molecule has 112 valence electrons. The summed E-state index contributed by atoms with van der Waals surface area (Å²) in [4.78, 5) is 16.2. The molecule has 0 spiro atoms. The lowest BCUT2D eigenvalue weighted by molar-refractivity contribution is 0.438. The zero-order valence-corrected chi connectivity index (χ0v) is 12.9. The highest BCUT2D eigenvalue weighted by Crippen LogP contribution is 2.32. The maximum Gasteiger partial charge on any atom is 0.313 e. The summed E-state index contributed by atoms with van der Waals surface area (Å²) in [6.45, 7) is 8.50. The van der Waals surface area contributed by atoms with Gasteiger partial charge in [0.2, 0.25) is 0 Å². The highest BCUT2D eigenvalue weighted by Gasteiger charge is 2.14. The Bertz CT molecular complexity index is 705. The lowest BCUT2D eigenvalue weighted by Gasteiger charge is -2.15. The van der Waals surface area contributed by atoms with E-state index in [-0.39, 0.29) is 17.4 Å². The van der Waals surface area contributed by atoms with E-state index in [0.717, 1.165) is 16.8 Å². The van der Waals surface area contributed by atoms with Gasteiger partial charge in [-0.3, -0.25) is 4.79 Å². The maximum atomic E-state index is 12.2. The first kappa shape index (κ1) is 15.1. The molecule has 0 aliphatic carbocycles. The van der Waals surface area contributed by atoms with Gasteiger partial charge in [-0.1, -0.05) is 13.8 Å². The standard InChI is InChI=1S/C16H21N3O2/c1-5-19-7-6-18-15(16(19)20)21-14-8-11(4)13(17)9-12(14)10(2)3/h6-10H,5,17H2,1-4H3. The summed E-state index contributed by atoms with van der Waals surface area (Å²) >= 11 is 0. The molecular formula is C16H21N3O2. The molecule has 0 radical (unpaired) electrons. The summed E-state index contributed by atoms with van der Waals surface area (Å²) in [5, 5.41) is 0. The van der Waals surface area contributed by atoms with E-state index in [1.165, 1.54) is 0 Å². The van der Waals surface area contributed by atoms with Crippen LogP contribution in [0.3, 0.4) is 0 Å². The molecule has 0 fully saturated rings. The predicted octanol–water partition coefficient (Wildman–Crippen LogP) is 3.07. The zero-order valence-electron chi connectivity index (χ0n) is 12.9. The summed E-state index contributed by atoms with van der Waals surface area (Å²) in [5.74, 6) is 0.959. The molecule has 5 nitrogen and oxygen atoms in total. The van der Waals surface area contributed by atoms with E-state index < -0.39 is 0 Å². The fourth-order valence-electron chi connectivity index (χ4n) is 2.11. The smallest absolute Gasteiger partial charge is 0.313 e. The minimum atomic E-state index is -0.232. The van der Waals surface area contributed by atoms with Gasteiger partial charge in [-0.15, -0.1) is 0 Å². The molecule has 0 aliphatic heterocycles. The zero-order chi connectivity index (χ0) is 15.6. The molecule has 0 aliphatic rings. The summed E-state index contributed by atoms with van der Waals surface area (Å²) in [6.07, 6.45) is 3.21. The number of benzene rings is 1. The molecule has 0 saturated carbocycles. The number of nitrogen functional groups attached to an aromatic ring is 1. The van der Waals surface area contributed by atoms with Gasteiger partial charge < -0.3 is 15.0 Å². The second kappa shape index (κ2) is 5.99. The average Bonchev–Trinajstić information content (AvgIpc) is 2.44. The second-order valence-corrected chi connectivity index (χ2v) is 5.33. The number of anilines is 1. The van der Waals surface area contributed by atoms with Crippen molar-refractivity contribution in [2.75, 3.05) is 5.73 Å². The summed E-state index contributed by atoms with van der Waals surface area (Å²) < 4.78 is 7.34. The first-order chi connectivity index (χ1) is 9.93. The van der Waals surface area contributed by atoms with Crippen LogP contribution in [0.2, 0.25) is 0 Å². The maximum absolute atomic E-state index is 12.2. The predicted molar refractivity (Wildman–Crippen MR) is 83.9 cm³/mol. The fraction of sp³-hybridized carbons (Fsp3) is 0.375. The number of rotatable bonds is 4. The van der Waals surface area contributed by atoms with E-state index in [0.29, 0.717) is 12.3 Å². The Morgan fingerprint density at radius 3 is 2.71 bits per heavy atom. The molecule has 0 unspecified atom stereocenters. The van der Waals surface area contributed by atoms with Gasteiger partial charge in [-0.05, 0) is 43.0 Å². The quantitative estimate of drug-likeness (QED) is 0.877. The van der Waals surface area contributed by atoms with Crippen LogP contribution < -0.4 is 16.0 Å². The number of hydrogen-bond acceptors (Lipinski definition) is 4. The third-order valence-corrected chi connectivity index (χ3v) is 3.45. The Labute approximate surface area is 124 Å². The summed E-state index contributed by atoms with van der Waals surface area (Å²) in [7, 11) is 0. The molecule has 2 aromatic rings. The molecule has 2 rings (SSSR count). The van der Waals surface area contributed by atoms with Crippen LogP contribution in [0, 0.1) is 6.92 Å². The summed E-state index contributed by atoms with van der Waals surface area (Å²) in [5.41, 5.74) is 8.33. The van der Waals surface area contributed by atoms with Crippen molar-refractivity contribution in [3.8, 4) is 11.6 Å². The molecule has 1 heterocycles. The number of nitrogens with two attached hydrogens (primary N) is 1. The lowest BCUT2D eigenvalue weighted by Crippen LogP contribution is -2.20. The Morgan fingerprint density at radius 1 is 1.38 bits per heavy atom. The summed E-state index contributed by atoms with van der Waals surface area (Å²) in [6, 6.07) is 3.76. The molecule has 21 heavy (non-hydrogen) atoms. The van der Waals surface area contributed by atoms with Crippen molar-refractivity contribution < 1.29 is 4.74 Å². The normalized spacial score (nSPS) is 10.9. The van der Waals surface area contributed by atoms with Gasteiger partial charge in [0, 0.05) is 24.6 Å². The lowest BCUT2D eigenvalue weighted by atomic mass is 9.99. The van der Waals surface area contributed by atoms with Crippen LogP contribution in [0.15, 0.2) is 29.3 Å². The van der Waals surface area contributed by atoms with Crippen LogP contribution in [-0.4, -0.2) is 9.55 Å². The second-order valence-electron chi connectivity index (χ2n) is 5.33. The molecule has 0 bridgehead atoms. The monoisotopic (exact) mass is 287 g/mol. The molecule has 0 atom stereocenters. The van der Waals surface area contributed by atoms with Gasteiger partial charge >= 0.3 is 5.56 Å². The molecule has 1 aromatic carbocycles. The van der Waals surface area contributed by atoms with Gasteiger partial charge in [0.1, 0.15) is 5.75 Å². The van der Waals surface area contributed by atoms with Crippen LogP contribution in [0.4, 0.5) is 5.69 Å². The molecule has 0 amide bonds. The molecule has 2 N–H and O–H groups in total. The van der Waals surface area contributed by atoms with Crippen LogP contribution in [-0.2, 0) is 6.54 Å². The Morgan fingerprint density at radius 2 is 2.10 bits per heavy atom. The van der Waals surface area contributed by atoms with E-state index in [1.54, 1.807) is 17.0 Å². The van der Waals surface area contributed by atoms with Gasteiger partial charge in [0.15, 0.2) is 0 Å². The van der Waals surface area contributed by atoms with Crippen molar-refractivity contribution in [2.45, 2.75) is 40.2 Å². The molecular weight excluding hydrogens is 266 g/mol. The van der Waals surface area contributed by atoms with Crippen molar-refractivity contribution in [2.24, 2.45) is 0 Å². The van der Waals surface area contributed by atoms with Crippen LogP contribution >= 0.6 is 0 Å². The van der Waals surface area contributed by atoms with Crippen molar-refractivity contribution in [1.82, 2.24) is 9.55 Å². The molecule has 1 aromatic heterocycles. The highest BCUT2D eigenvalue weighted by atomic mass is 16.5. The van der Waals surface area contributed by atoms with Crippen LogP contribution in [0.25, 0.3) is 0 Å². The minimum absolute atomic E-state index is 0.0884. The van der Waals surface area contributed by atoms with Gasteiger partial charge in [-0.25, -0.2) is 4.98 Å². The largest absolute Gasteiger partial charge is 0.434 e. The van der Waals surface area contributed by atoms with Crippen LogP contribution in [0.1, 0.15) is 37.8 Å². The van der Waals surface area contributed by atoms with Crippen molar-refractivity contribution in [3.63, 3.8) is 0 Å². The number of hydrogen-bond donors (Lipinski definition) is 1.